The first kappa shape index (κ1) is 15.3. The van der Waals surface area contributed by atoms with E-state index in [0.717, 1.165) is 16.3 Å². The van der Waals surface area contributed by atoms with Gasteiger partial charge in [0.05, 0.1) is 0 Å². The third kappa shape index (κ3) is 2.48. The van der Waals surface area contributed by atoms with Crippen LogP contribution in [0.4, 0.5) is 5.69 Å². The zero-order valence-corrected chi connectivity index (χ0v) is 12.1. The van der Waals surface area contributed by atoms with Gasteiger partial charge in [0.2, 0.25) is 5.91 Å². The summed E-state index contributed by atoms with van der Waals surface area (Å²) in [4.78, 5) is 13.8. The zero-order chi connectivity index (χ0) is 12.6. The van der Waals surface area contributed by atoms with Gasteiger partial charge in [0.25, 0.3) is 0 Å². The average molecular weight is 289 g/mol. The highest BCUT2D eigenvalue weighted by Gasteiger charge is 2.39. The molecular weight excluding hydrogens is 271 g/mol. The number of amides is 1. The lowest BCUT2D eigenvalue weighted by atomic mass is 9.87. The molecule has 100 valence electrons. The number of nitrogens with zero attached hydrogens (tertiary/aromatic N) is 1. The summed E-state index contributed by atoms with van der Waals surface area (Å²) in [5, 5.41) is 0.732. The van der Waals surface area contributed by atoms with E-state index >= 15 is 0 Å². The van der Waals surface area contributed by atoms with Gasteiger partial charge >= 0.3 is 0 Å². The van der Waals surface area contributed by atoms with Gasteiger partial charge in [0.1, 0.15) is 0 Å². The van der Waals surface area contributed by atoms with Crippen molar-refractivity contribution in [1.29, 1.82) is 0 Å². The SMILES string of the molecule is CC1(C)CN(C(=O)CCN)c2cccc(Cl)c21.Cl. The molecule has 1 aromatic rings. The Balaban J connectivity index is 0.00000162. The Morgan fingerprint density at radius 2 is 2.17 bits per heavy atom. The number of fused-ring (bicyclic) bond motifs is 1. The molecule has 18 heavy (non-hydrogen) atoms. The van der Waals surface area contributed by atoms with Crippen molar-refractivity contribution in [2.24, 2.45) is 5.73 Å². The van der Waals surface area contributed by atoms with Crippen LogP contribution in [-0.2, 0) is 10.2 Å². The van der Waals surface area contributed by atoms with Gasteiger partial charge in [-0.3, -0.25) is 4.79 Å². The molecule has 2 rings (SSSR count). The van der Waals surface area contributed by atoms with Crippen LogP contribution in [0.1, 0.15) is 25.8 Å². The van der Waals surface area contributed by atoms with Crippen LogP contribution in [0.5, 0.6) is 0 Å². The van der Waals surface area contributed by atoms with Gasteiger partial charge in [0, 0.05) is 41.2 Å². The van der Waals surface area contributed by atoms with Crippen LogP contribution in [0.3, 0.4) is 0 Å². The highest BCUT2D eigenvalue weighted by atomic mass is 35.5. The first-order chi connectivity index (χ1) is 7.97. The Morgan fingerprint density at radius 3 is 2.78 bits per heavy atom. The van der Waals surface area contributed by atoms with Crippen molar-refractivity contribution >= 4 is 35.6 Å². The van der Waals surface area contributed by atoms with Crippen LogP contribution in [0.15, 0.2) is 18.2 Å². The molecule has 0 bridgehead atoms. The van der Waals surface area contributed by atoms with Gasteiger partial charge in [0.15, 0.2) is 0 Å². The molecule has 1 heterocycles. The minimum absolute atomic E-state index is 0. The summed E-state index contributed by atoms with van der Waals surface area (Å²) in [6.07, 6.45) is 0.377. The van der Waals surface area contributed by atoms with Crippen molar-refractivity contribution in [2.75, 3.05) is 18.0 Å². The number of nitrogens with two attached hydrogens (primary N) is 1. The molecule has 0 radical (unpaired) electrons. The van der Waals surface area contributed by atoms with Crippen LogP contribution in [-0.4, -0.2) is 19.0 Å². The van der Waals surface area contributed by atoms with Gasteiger partial charge in [-0.15, -0.1) is 12.4 Å². The molecule has 5 heteroatoms. The van der Waals surface area contributed by atoms with Crippen LogP contribution >= 0.6 is 24.0 Å². The van der Waals surface area contributed by atoms with Gasteiger partial charge in [-0.1, -0.05) is 31.5 Å². The molecule has 0 spiro atoms. The van der Waals surface area contributed by atoms with Gasteiger partial charge < -0.3 is 10.6 Å². The normalized spacial score (nSPS) is 16.1. The van der Waals surface area contributed by atoms with Gasteiger partial charge in [-0.05, 0) is 12.1 Å². The Labute approximate surface area is 119 Å². The maximum absolute atomic E-state index is 12.0. The number of rotatable bonds is 2. The van der Waals surface area contributed by atoms with E-state index in [9.17, 15) is 4.79 Å². The molecule has 0 aliphatic carbocycles. The van der Waals surface area contributed by atoms with Gasteiger partial charge in [-0.2, -0.15) is 0 Å². The molecule has 0 atom stereocenters. The summed E-state index contributed by atoms with van der Waals surface area (Å²) in [6, 6.07) is 5.70. The quantitative estimate of drug-likeness (QED) is 0.910. The molecule has 0 saturated heterocycles. The highest BCUT2D eigenvalue weighted by molar-refractivity contribution is 6.32. The molecule has 1 amide bonds. The molecule has 2 N–H and O–H groups in total. The number of carbonyl (C=O) groups excluding carboxylic acids is 1. The number of hydrogen-bond donors (Lipinski definition) is 1. The molecule has 1 aliphatic rings. The Bertz CT molecular complexity index is 460. The fourth-order valence-corrected chi connectivity index (χ4v) is 2.87. The summed E-state index contributed by atoms with van der Waals surface area (Å²) in [5.41, 5.74) is 7.34. The molecule has 3 nitrogen and oxygen atoms in total. The van der Waals surface area contributed by atoms with Crippen molar-refractivity contribution in [1.82, 2.24) is 0 Å². The molecule has 0 unspecified atom stereocenters. The zero-order valence-electron chi connectivity index (χ0n) is 10.6. The predicted molar refractivity (Wildman–Crippen MR) is 77.8 cm³/mol. The Kier molecular flexibility index (Phi) is 4.65. The predicted octanol–water partition coefficient (Wildman–Crippen LogP) is 2.73. The maximum Gasteiger partial charge on any atom is 0.228 e. The van der Waals surface area contributed by atoms with Crippen LogP contribution in [0.2, 0.25) is 5.02 Å². The number of hydrogen-bond acceptors (Lipinski definition) is 2. The average Bonchev–Trinajstić information content (AvgIpc) is 2.52. The highest BCUT2D eigenvalue weighted by Crippen LogP contribution is 2.44. The van der Waals surface area contributed by atoms with E-state index in [0.29, 0.717) is 19.5 Å². The van der Waals surface area contributed by atoms with E-state index in [1.807, 2.05) is 18.2 Å². The number of halogens is 2. The van der Waals surface area contributed by atoms with Crippen LogP contribution in [0, 0.1) is 0 Å². The third-order valence-corrected chi connectivity index (χ3v) is 3.49. The van der Waals surface area contributed by atoms with E-state index in [1.54, 1.807) is 4.90 Å². The van der Waals surface area contributed by atoms with Crippen LogP contribution in [0.25, 0.3) is 0 Å². The molecule has 1 aromatic carbocycles. The lowest BCUT2D eigenvalue weighted by molar-refractivity contribution is -0.118. The number of anilines is 1. The molecule has 0 saturated carbocycles. The Morgan fingerprint density at radius 1 is 1.50 bits per heavy atom. The fourth-order valence-electron chi connectivity index (χ4n) is 2.45. The maximum atomic E-state index is 12.0. The standard InChI is InChI=1S/C13H17ClN2O.ClH/c1-13(2)8-16(11(17)6-7-15)10-5-3-4-9(14)12(10)13;/h3-5H,6-8,15H2,1-2H3;1H. The van der Waals surface area contributed by atoms with Crippen molar-refractivity contribution in [3.63, 3.8) is 0 Å². The van der Waals surface area contributed by atoms with Gasteiger partial charge in [-0.25, -0.2) is 0 Å². The molecule has 1 aliphatic heterocycles. The first-order valence-corrected chi connectivity index (χ1v) is 6.14. The molecule has 0 fully saturated rings. The third-order valence-electron chi connectivity index (χ3n) is 3.17. The van der Waals surface area contributed by atoms with Crippen molar-refractivity contribution in [2.45, 2.75) is 25.7 Å². The summed E-state index contributed by atoms with van der Waals surface area (Å²) < 4.78 is 0. The first-order valence-electron chi connectivity index (χ1n) is 5.77. The van der Waals surface area contributed by atoms with E-state index in [2.05, 4.69) is 13.8 Å². The van der Waals surface area contributed by atoms with E-state index in [-0.39, 0.29) is 23.7 Å². The van der Waals surface area contributed by atoms with E-state index in [1.165, 1.54) is 0 Å². The summed E-state index contributed by atoms with van der Waals surface area (Å²) in [5.74, 6) is 0.0709. The van der Waals surface area contributed by atoms with Crippen LogP contribution < -0.4 is 10.6 Å². The lowest BCUT2D eigenvalue weighted by Gasteiger charge is -2.20. The second kappa shape index (κ2) is 5.47. The smallest absolute Gasteiger partial charge is 0.228 e. The second-order valence-corrected chi connectivity index (χ2v) is 5.44. The topological polar surface area (TPSA) is 46.3 Å². The summed E-state index contributed by atoms with van der Waals surface area (Å²) in [6.45, 7) is 5.26. The minimum Gasteiger partial charge on any atom is -0.330 e. The van der Waals surface area contributed by atoms with Crippen molar-refractivity contribution in [3.05, 3.63) is 28.8 Å². The Hall–Kier alpha value is -0.770. The van der Waals surface area contributed by atoms with Crippen molar-refractivity contribution < 1.29 is 4.79 Å². The number of benzene rings is 1. The minimum atomic E-state index is -0.0993. The second-order valence-electron chi connectivity index (χ2n) is 5.04. The number of carbonyl (C=O) groups is 1. The van der Waals surface area contributed by atoms with E-state index in [4.69, 9.17) is 17.3 Å². The largest absolute Gasteiger partial charge is 0.330 e. The lowest BCUT2D eigenvalue weighted by Crippen LogP contribution is -2.34. The monoisotopic (exact) mass is 288 g/mol. The molecule has 0 aromatic heterocycles. The summed E-state index contributed by atoms with van der Waals surface area (Å²) >= 11 is 6.24. The molecular formula is C13H18Cl2N2O. The van der Waals surface area contributed by atoms with E-state index < -0.39 is 0 Å². The fraction of sp³-hybridized carbons (Fsp3) is 0.462. The summed E-state index contributed by atoms with van der Waals surface area (Å²) in [7, 11) is 0. The van der Waals surface area contributed by atoms with Crippen molar-refractivity contribution in [3.8, 4) is 0 Å².